The van der Waals surface area contributed by atoms with Gasteiger partial charge in [0, 0.05) is 32.1 Å². The van der Waals surface area contributed by atoms with Crippen LogP contribution in [0.2, 0.25) is 0 Å². The Morgan fingerprint density at radius 1 is 1.03 bits per heavy atom. The van der Waals surface area contributed by atoms with Gasteiger partial charge in [-0.2, -0.15) is 0 Å². The van der Waals surface area contributed by atoms with E-state index in [-0.39, 0.29) is 30.2 Å². The lowest BCUT2D eigenvalue weighted by Gasteiger charge is -2.46. The molecule has 1 saturated heterocycles. The minimum atomic E-state index is -0.541. The van der Waals surface area contributed by atoms with E-state index in [9.17, 15) is 14.4 Å². The Morgan fingerprint density at radius 2 is 1.69 bits per heavy atom. The van der Waals surface area contributed by atoms with Crippen molar-refractivity contribution in [1.29, 1.82) is 0 Å². The molecule has 1 aliphatic rings. The van der Waals surface area contributed by atoms with Gasteiger partial charge in [0.2, 0.25) is 11.8 Å². The molecule has 6 nitrogen and oxygen atoms in total. The van der Waals surface area contributed by atoms with E-state index in [4.69, 9.17) is 0 Å². The van der Waals surface area contributed by atoms with Crippen molar-refractivity contribution in [2.24, 2.45) is 0 Å². The van der Waals surface area contributed by atoms with E-state index >= 15 is 0 Å². The average Bonchev–Trinajstić information content (AvgIpc) is 2.83. The predicted octanol–water partition coefficient (Wildman–Crippen LogP) is 3.28. The Morgan fingerprint density at radius 3 is 2.31 bits per heavy atom. The molecule has 1 heterocycles. The van der Waals surface area contributed by atoms with Crippen LogP contribution < -0.4 is 5.32 Å². The van der Waals surface area contributed by atoms with Gasteiger partial charge in [-0.3, -0.25) is 14.4 Å². The maximum Gasteiger partial charge on any atom is 0.254 e. The molecule has 32 heavy (non-hydrogen) atoms. The van der Waals surface area contributed by atoms with Gasteiger partial charge in [0.1, 0.15) is 6.04 Å². The zero-order valence-electron chi connectivity index (χ0n) is 19.0. The van der Waals surface area contributed by atoms with Crippen LogP contribution in [0.3, 0.4) is 0 Å². The van der Waals surface area contributed by atoms with Crippen LogP contribution in [0, 0.1) is 0 Å². The molecular weight excluding hydrogens is 402 g/mol. The van der Waals surface area contributed by atoms with Gasteiger partial charge in [-0.1, -0.05) is 61.9 Å². The quantitative estimate of drug-likeness (QED) is 0.657. The third kappa shape index (κ3) is 5.75. The van der Waals surface area contributed by atoms with Crippen molar-refractivity contribution in [3.63, 3.8) is 0 Å². The molecule has 2 unspecified atom stereocenters. The number of carbonyl (C=O) groups is 3. The fourth-order valence-corrected chi connectivity index (χ4v) is 4.27. The van der Waals surface area contributed by atoms with Gasteiger partial charge in [0.25, 0.3) is 5.91 Å². The van der Waals surface area contributed by atoms with E-state index < -0.39 is 6.04 Å². The molecule has 0 radical (unpaired) electrons. The van der Waals surface area contributed by atoms with Gasteiger partial charge in [0.15, 0.2) is 0 Å². The molecule has 0 saturated carbocycles. The number of hydrogen-bond donors (Lipinski definition) is 1. The lowest BCUT2D eigenvalue weighted by Crippen LogP contribution is -2.63. The van der Waals surface area contributed by atoms with Crippen molar-refractivity contribution in [3.8, 4) is 0 Å². The molecule has 3 amide bonds. The first-order valence-corrected chi connectivity index (χ1v) is 11.5. The van der Waals surface area contributed by atoms with Crippen molar-refractivity contribution >= 4 is 17.7 Å². The van der Waals surface area contributed by atoms with Crippen molar-refractivity contribution in [2.45, 2.75) is 51.1 Å². The first kappa shape index (κ1) is 23.5. The second-order valence-corrected chi connectivity index (χ2v) is 8.28. The first-order valence-electron chi connectivity index (χ1n) is 11.5. The molecular formula is C26H33N3O3. The third-order valence-electron chi connectivity index (χ3n) is 6.08. The summed E-state index contributed by atoms with van der Waals surface area (Å²) < 4.78 is 0. The Hall–Kier alpha value is -3.15. The number of rotatable bonds is 9. The van der Waals surface area contributed by atoms with Gasteiger partial charge in [-0.05, 0) is 37.0 Å². The molecule has 170 valence electrons. The molecule has 3 rings (SSSR count). The maximum atomic E-state index is 13.7. The van der Waals surface area contributed by atoms with E-state index in [1.807, 2.05) is 53.4 Å². The molecule has 0 aliphatic carbocycles. The number of carbonyl (C=O) groups excluding carboxylic acids is 3. The molecule has 1 fully saturated rings. The highest BCUT2D eigenvalue weighted by molar-refractivity contribution is 5.98. The summed E-state index contributed by atoms with van der Waals surface area (Å²) in [5.74, 6) is -0.341. The molecule has 0 spiro atoms. The summed E-state index contributed by atoms with van der Waals surface area (Å²) >= 11 is 0. The lowest BCUT2D eigenvalue weighted by molar-refractivity contribution is -0.145. The normalized spacial score (nSPS) is 18.5. The smallest absolute Gasteiger partial charge is 0.254 e. The van der Waals surface area contributed by atoms with Crippen LogP contribution in [0.1, 0.15) is 48.5 Å². The number of hydrogen-bond acceptors (Lipinski definition) is 3. The molecule has 0 aromatic heterocycles. The van der Waals surface area contributed by atoms with E-state index in [1.54, 1.807) is 24.1 Å². The van der Waals surface area contributed by atoms with Crippen LogP contribution in [0.25, 0.3) is 0 Å². The lowest BCUT2D eigenvalue weighted by atomic mass is 9.95. The zero-order chi connectivity index (χ0) is 22.9. The standard InChI is InChI=1S/C26H33N3O3/c1-3-4-17-28-22(18-24(30)27-2)19-29(25(31)21-13-9-6-10-14-21)23(26(28)32)16-15-20-11-7-5-8-12-20/h5-14,22-23H,3-4,15-19H2,1-2H3,(H,27,30). The topological polar surface area (TPSA) is 69.7 Å². The number of unbranched alkanes of at least 4 members (excludes halogenated alkanes) is 1. The molecule has 6 heteroatoms. The second-order valence-electron chi connectivity index (χ2n) is 8.28. The van der Waals surface area contributed by atoms with Gasteiger partial charge >= 0.3 is 0 Å². The van der Waals surface area contributed by atoms with Crippen molar-refractivity contribution < 1.29 is 14.4 Å². The highest BCUT2D eigenvalue weighted by atomic mass is 16.2. The van der Waals surface area contributed by atoms with Crippen LogP contribution in [0.5, 0.6) is 0 Å². The van der Waals surface area contributed by atoms with Crippen LogP contribution in [-0.2, 0) is 16.0 Å². The summed E-state index contributed by atoms with van der Waals surface area (Å²) in [6.07, 6.45) is 3.27. The van der Waals surface area contributed by atoms with E-state index in [0.717, 1.165) is 18.4 Å². The maximum absolute atomic E-state index is 13.7. The predicted molar refractivity (Wildman–Crippen MR) is 125 cm³/mol. The summed E-state index contributed by atoms with van der Waals surface area (Å²) in [6.45, 7) is 3.04. The first-order chi connectivity index (χ1) is 15.5. The number of aryl methyl sites for hydroxylation is 1. The fraction of sp³-hybridized carbons (Fsp3) is 0.423. The summed E-state index contributed by atoms with van der Waals surface area (Å²) in [6, 6.07) is 18.2. The Kier molecular flexibility index (Phi) is 8.42. The van der Waals surface area contributed by atoms with Gasteiger partial charge in [0.05, 0.1) is 6.04 Å². The highest BCUT2D eigenvalue weighted by Gasteiger charge is 2.42. The summed E-state index contributed by atoms with van der Waals surface area (Å²) in [5.41, 5.74) is 1.70. The van der Waals surface area contributed by atoms with Crippen LogP contribution in [0.4, 0.5) is 0 Å². The summed E-state index contributed by atoms with van der Waals surface area (Å²) in [4.78, 5) is 42.8. The molecule has 2 aromatic carbocycles. The monoisotopic (exact) mass is 435 g/mol. The Labute approximate surface area is 190 Å². The fourth-order valence-electron chi connectivity index (χ4n) is 4.27. The van der Waals surface area contributed by atoms with Crippen molar-refractivity contribution in [3.05, 3.63) is 71.8 Å². The molecule has 1 N–H and O–H groups in total. The van der Waals surface area contributed by atoms with Crippen LogP contribution in [0.15, 0.2) is 60.7 Å². The molecule has 2 aromatic rings. The Bertz CT molecular complexity index is 901. The number of piperazine rings is 1. The van der Waals surface area contributed by atoms with Gasteiger partial charge in [-0.15, -0.1) is 0 Å². The largest absolute Gasteiger partial charge is 0.359 e. The van der Waals surface area contributed by atoms with E-state index in [1.165, 1.54) is 0 Å². The third-order valence-corrected chi connectivity index (χ3v) is 6.08. The summed E-state index contributed by atoms with van der Waals surface area (Å²) in [5, 5.41) is 2.66. The number of nitrogens with one attached hydrogen (secondary N) is 1. The average molecular weight is 436 g/mol. The minimum Gasteiger partial charge on any atom is -0.359 e. The van der Waals surface area contributed by atoms with Gasteiger partial charge in [-0.25, -0.2) is 0 Å². The van der Waals surface area contributed by atoms with Gasteiger partial charge < -0.3 is 15.1 Å². The molecule has 0 bridgehead atoms. The summed E-state index contributed by atoms with van der Waals surface area (Å²) in [7, 11) is 1.60. The molecule has 2 atom stereocenters. The highest BCUT2D eigenvalue weighted by Crippen LogP contribution is 2.25. The second kappa shape index (κ2) is 11.5. The van der Waals surface area contributed by atoms with Crippen molar-refractivity contribution in [1.82, 2.24) is 15.1 Å². The van der Waals surface area contributed by atoms with E-state index in [2.05, 4.69) is 12.2 Å². The SMILES string of the molecule is CCCCN1C(=O)C(CCc2ccccc2)N(C(=O)c2ccccc2)CC1CC(=O)NC. The van der Waals surface area contributed by atoms with Crippen LogP contribution in [-0.4, -0.2) is 59.7 Å². The van der Waals surface area contributed by atoms with Crippen molar-refractivity contribution in [2.75, 3.05) is 20.1 Å². The number of nitrogens with zero attached hydrogens (tertiary/aromatic N) is 2. The number of benzene rings is 2. The minimum absolute atomic E-state index is 0.0567. The number of amides is 3. The van der Waals surface area contributed by atoms with Crippen LogP contribution >= 0.6 is 0 Å². The molecule has 1 aliphatic heterocycles. The Balaban J connectivity index is 1.90. The van der Waals surface area contributed by atoms with E-state index in [0.29, 0.717) is 31.5 Å². The zero-order valence-corrected chi connectivity index (χ0v) is 19.0.